The van der Waals surface area contributed by atoms with Crippen LogP contribution in [-0.2, 0) is 11.2 Å². The number of carboxylic acid groups (broad SMARTS) is 1. The fourth-order valence-corrected chi connectivity index (χ4v) is 2.37. The number of carbonyl (C=O) groups excluding carboxylic acids is 1. The number of unbranched alkanes of at least 4 members (excludes halogenated alkanes) is 1. The number of carboxylic acids is 1. The Morgan fingerprint density at radius 2 is 2.25 bits per heavy atom. The van der Waals surface area contributed by atoms with Crippen LogP contribution in [0.1, 0.15) is 49.8 Å². The van der Waals surface area contributed by atoms with Crippen LogP contribution in [0.5, 0.6) is 0 Å². The molecule has 0 unspecified atom stereocenters. The van der Waals surface area contributed by atoms with Crippen molar-refractivity contribution in [3.05, 3.63) is 35.4 Å². The number of carbonyl (C=O) groups is 1. The zero-order valence-corrected chi connectivity index (χ0v) is 12.1. The number of aryl methyl sites for hydroxylation is 1. The summed E-state index contributed by atoms with van der Waals surface area (Å²) in [5.41, 5.74) is 2.98. The van der Waals surface area contributed by atoms with Gasteiger partial charge in [-0.15, -0.1) is 6.42 Å². The van der Waals surface area contributed by atoms with Crippen molar-refractivity contribution in [2.45, 2.75) is 45.1 Å². The van der Waals surface area contributed by atoms with Gasteiger partial charge in [0.1, 0.15) is 12.6 Å². The summed E-state index contributed by atoms with van der Waals surface area (Å²) in [6.07, 6.45) is 9.56. The van der Waals surface area contributed by atoms with Gasteiger partial charge in [0.25, 0.3) is 0 Å². The molecule has 0 radical (unpaired) electrons. The molecule has 1 aromatic rings. The second-order valence-corrected chi connectivity index (χ2v) is 4.96. The van der Waals surface area contributed by atoms with Gasteiger partial charge in [0.05, 0.1) is 0 Å². The van der Waals surface area contributed by atoms with Gasteiger partial charge >= 0.3 is 0 Å². The third kappa shape index (κ3) is 5.46. The second-order valence-electron chi connectivity index (χ2n) is 4.96. The van der Waals surface area contributed by atoms with Crippen LogP contribution in [0.3, 0.4) is 0 Å². The van der Waals surface area contributed by atoms with Crippen LogP contribution in [0.2, 0.25) is 0 Å². The van der Waals surface area contributed by atoms with Gasteiger partial charge in [0.15, 0.2) is 0 Å². The molecule has 0 saturated heterocycles. The van der Waals surface area contributed by atoms with Crippen molar-refractivity contribution < 1.29 is 15.2 Å². The highest BCUT2D eigenvalue weighted by atomic mass is 16.4. The summed E-state index contributed by atoms with van der Waals surface area (Å²) in [6.45, 7) is 2.74. The minimum Gasteiger partial charge on any atom is -0.550 e. The van der Waals surface area contributed by atoms with Crippen LogP contribution in [0.4, 0.5) is 0 Å². The molecule has 0 bridgehead atoms. The van der Waals surface area contributed by atoms with Crippen molar-refractivity contribution >= 4 is 5.97 Å². The highest BCUT2D eigenvalue weighted by Crippen LogP contribution is 2.27. The normalized spacial score (nSPS) is 15.7. The predicted octanol–water partition coefficient (Wildman–Crippen LogP) is 0.797. The van der Waals surface area contributed by atoms with Crippen molar-refractivity contribution in [2.24, 2.45) is 0 Å². The summed E-state index contributed by atoms with van der Waals surface area (Å²) >= 11 is 0. The molecule has 108 valence electrons. The molecule has 20 heavy (non-hydrogen) atoms. The maximum Gasteiger partial charge on any atom is 0.138 e. The number of hydrogen-bond donors (Lipinski definition) is 1. The van der Waals surface area contributed by atoms with E-state index >= 15 is 0 Å². The van der Waals surface area contributed by atoms with Gasteiger partial charge in [-0.1, -0.05) is 37.6 Å². The lowest BCUT2D eigenvalue weighted by Crippen LogP contribution is -2.84. The van der Waals surface area contributed by atoms with Gasteiger partial charge in [0.2, 0.25) is 0 Å². The van der Waals surface area contributed by atoms with E-state index in [9.17, 15) is 9.90 Å². The van der Waals surface area contributed by atoms with Gasteiger partial charge in [0, 0.05) is 18.0 Å². The molecular weight excluding hydrogens is 250 g/mol. The van der Waals surface area contributed by atoms with E-state index in [4.69, 9.17) is 6.42 Å². The minimum atomic E-state index is -0.943. The molecule has 2 N–H and O–H groups in total. The zero-order valence-electron chi connectivity index (χ0n) is 12.1. The molecule has 3 nitrogen and oxygen atoms in total. The second kappa shape index (κ2) is 9.17. The van der Waals surface area contributed by atoms with E-state index < -0.39 is 5.97 Å². The quantitative estimate of drug-likeness (QED) is 0.807. The lowest BCUT2D eigenvalue weighted by molar-refractivity contribution is -0.685. The molecule has 3 heteroatoms. The highest BCUT2D eigenvalue weighted by molar-refractivity contribution is 5.63. The monoisotopic (exact) mass is 273 g/mol. The molecule has 1 aromatic carbocycles. The minimum absolute atomic E-state index is 0.205. The number of quaternary nitrogens is 1. The van der Waals surface area contributed by atoms with Gasteiger partial charge in [-0.2, -0.15) is 0 Å². The first kappa shape index (κ1) is 16.3. The van der Waals surface area contributed by atoms with Gasteiger partial charge in [-0.05, 0) is 30.7 Å². The standard InChI is InChI=1S/C12H13N.C5H10O2/c1-2-9-13-12-8-7-10-5-3-4-6-11(10)12;1-2-3-4-5(6)7/h1,3-6,12-13H,7-9H2;2-4H2,1H3,(H,6,7)/t12-;/m1./s1. The van der Waals surface area contributed by atoms with Crippen molar-refractivity contribution in [3.8, 4) is 12.3 Å². The maximum absolute atomic E-state index is 9.65. The molecule has 0 fully saturated rings. The van der Waals surface area contributed by atoms with Crippen LogP contribution >= 0.6 is 0 Å². The van der Waals surface area contributed by atoms with Crippen LogP contribution in [0, 0.1) is 12.3 Å². The van der Waals surface area contributed by atoms with Crippen molar-refractivity contribution in [1.82, 2.24) is 0 Å². The van der Waals surface area contributed by atoms with E-state index in [2.05, 4.69) is 35.5 Å². The molecular formula is C17H23NO2. The van der Waals surface area contributed by atoms with Gasteiger partial charge in [-0.3, -0.25) is 0 Å². The molecule has 0 aromatic heterocycles. The number of hydrogen-bond acceptors (Lipinski definition) is 2. The van der Waals surface area contributed by atoms with E-state index in [0.717, 1.165) is 19.4 Å². The van der Waals surface area contributed by atoms with Crippen LogP contribution in [0.15, 0.2) is 24.3 Å². The molecule has 0 amide bonds. The summed E-state index contributed by atoms with van der Waals surface area (Å²) in [5.74, 6) is 1.73. The van der Waals surface area contributed by atoms with E-state index in [0.29, 0.717) is 6.04 Å². The predicted molar refractivity (Wildman–Crippen MR) is 77.7 cm³/mol. The number of benzene rings is 1. The average Bonchev–Trinajstić information content (AvgIpc) is 2.87. The van der Waals surface area contributed by atoms with Gasteiger partial charge < -0.3 is 15.2 Å². The smallest absolute Gasteiger partial charge is 0.138 e. The SMILES string of the molecule is C#CC[NH2+][C@@H]1CCc2ccccc21.CCCCC(=O)[O-]. The Balaban J connectivity index is 0.000000246. The summed E-state index contributed by atoms with van der Waals surface area (Å²) in [6, 6.07) is 9.27. The summed E-state index contributed by atoms with van der Waals surface area (Å²) < 4.78 is 0. The molecule has 1 aliphatic carbocycles. The van der Waals surface area contributed by atoms with Crippen LogP contribution in [0.25, 0.3) is 0 Å². The lowest BCUT2D eigenvalue weighted by atomic mass is 10.1. The molecule has 0 saturated carbocycles. The fourth-order valence-electron chi connectivity index (χ4n) is 2.37. The lowest BCUT2D eigenvalue weighted by Gasteiger charge is -2.07. The largest absolute Gasteiger partial charge is 0.550 e. The topological polar surface area (TPSA) is 56.7 Å². The maximum atomic E-state index is 9.65. The van der Waals surface area contributed by atoms with Crippen LogP contribution < -0.4 is 10.4 Å². The van der Waals surface area contributed by atoms with Crippen molar-refractivity contribution in [1.29, 1.82) is 0 Å². The Labute approximate surface area is 121 Å². The molecule has 1 atom stereocenters. The summed E-state index contributed by atoms with van der Waals surface area (Å²) in [7, 11) is 0. The number of aliphatic carboxylic acids is 1. The van der Waals surface area contributed by atoms with Crippen molar-refractivity contribution in [3.63, 3.8) is 0 Å². The third-order valence-electron chi connectivity index (χ3n) is 3.43. The van der Waals surface area contributed by atoms with E-state index in [1.54, 1.807) is 0 Å². The first-order valence-corrected chi connectivity index (χ1v) is 7.23. The highest BCUT2D eigenvalue weighted by Gasteiger charge is 2.23. The first-order valence-electron chi connectivity index (χ1n) is 7.23. The number of fused-ring (bicyclic) bond motifs is 1. The Morgan fingerprint density at radius 1 is 1.50 bits per heavy atom. The first-order chi connectivity index (χ1) is 9.69. The van der Waals surface area contributed by atoms with E-state index in [1.807, 2.05) is 6.92 Å². The average molecular weight is 273 g/mol. The molecule has 1 aliphatic rings. The van der Waals surface area contributed by atoms with E-state index in [-0.39, 0.29) is 6.42 Å². The summed E-state index contributed by atoms with van der Waals surface area (Å²) in [4.78, 5) is 9.65. The molecule has 2 rings (SSSR count). The molecule has 0 aliphatic heterocycles. The van der Waals surface area contributed by atoms with Crippen molar-refractivity contribution in [2.75, 3.05) is 6.54 Å². The Hall–Kier alpha value is -1.79. The van der Waals surface area contributed by atoms with Crippen LogP contribution in [-0.4, -0.2) is 12.5 Å². The Morgan fingerprint density at radius 3 is 2.85 bits per heavy atom. The Bertz CT molecular complexity index is 462. The summed E-state index contributed by atoms with van der Waals surface area (Å²) in [5, 5.41) is 11.9. The number of terminal acetylenes is 1. The Kier molecular flexibility index (Phi) is 7.46. The fraction of sp³-hybridized carbons (Fsp3) is 0.471. The number of rotatable bonds is 5. The van der Waals surface area contributed by atoms with E-state index in [1.165, 1.54) is 24.0 Å². The van der Waals surface area contributed by atoms with Gasteiger partial charge in [-0.25, -0.2) is 0 Å². The third-order valence-corrected chi connectivity index (χ3v) is 3.43. The zero-order chi connectivity index (χ0) is 14.8. The number of nitrogens with two attached hydrogens (primary N) is 1. The molecule has 0 spiro atoms. The molecule has 0 heterocycles.